The van der Waals surface area contributed by atoms with Crippen LogP contribution < -0.4 is 5.73 Å². The summed E-state index contributed by atoms with van der Waals surface area (Å²) in [4.78, 5) is 18.4. The summed E-state index contributed by atoms with van der Waals surface area (Å²) in [5.74, 6) is 4.06. The molecule has 0 bridgehead atoms. The molecule has 0 unspecified atom stereocenters. The van der Waals surface area contributed by atoms with Crippen molar-refractivity contribution in [1.29, 1.82) is 0 Å². The SMILES string of the molecule is CCc1cncc(C#CC(N)=O)n1. The van der Waals surface area contributed by atoms with Gasteiger partial charge in [0, 0.05) is 12.1 Å². The summed E-state index contributed by atoms with van der Waals surface area (Å²) in [5, 5.41) is 0. The Kier molecular flexibility index (Phi) is 2.98. The maximum atomic E-state index is 10.3. The Morgan fingerprint density at radius 2 is 2.38 bits per heavy atom. The van der Waals surface area contributed by atoms with Gasteiger partial charge in [-0.2, -0.15) is 0 Å². The summed E-state index contributed by atoms with van der Waals surface area (Å²) in [7, 11) is 0. The van der Waals surface area contributed by atoms with Crippen LogP contribution in [0.15, 0.2) is 12.4 Å². The molecule has 1 heterocycles. The number of amides is 1. The van der Waals surface area contributed by atoms with Crippen LogP contribution in [-0.2, 0) is 11.2 Å². The van der Waals surface area contributed by atoms with Crippen LogP contribution in [0.25, 0.3) is 0 Å². The van der Waals surface area contributed by atoms with Crippen molar-refractivity contribution in [3.05, 3.63) is 23.8 Å². The molecule has 0 aromatic carbocycles. The fourth-order valence-electron chi connectivity index (χ4n) is 0.763. The Labute approximate surface area is 76.2 Å². The number of nitrogens with two attached hydrogens (primary N) is 1. The van der Waals surface area contributed by atoms with Crippen molar-refractivity contribution in [1.82, 2.24) is 9.97 Å². The first kappa shape index (κ1) is 9.20. The largest absolute Gasteiger partial charge is 0.359 e. The zero-order chi connectivity index (χ0) is 9.68. The van der Waals surface area contributed by atoms with E-state index in [0.29, 0.717) is 5.69 Å². The van der Waals surface area contributed by atoms with Gasteiger partial charge in [-0.1, -0.05) is 6.92 Å². The van der Waals surface area contributed by atoms with Gasteiger partial charge in [0.05, 0.1) is 11.9 Å². The first-order valence-electron chi connectivity index (χ1n) is 3.84. The Morgan fingerprint density at radius 3 is 3.00 bits per heavy atom. The molecule has 0 saturated carbocycles. The third-order valence-corrected chi connectivity index (χ3v) is 1.36. The van der Waals surface area contributed by atoms with Gasteiger partial charge >= 0.3 is 0 Å². The van der Waals surface area contributed by atoms with Gasteiger partial charge in [0.1, 0.15) is 5.69 Å². The van der Waals surface area contributed by atoms with Gasteiger partial charge in [-0.05, 0) is 12.3 Å². The molecule has 13 heavy (non-hydrogen) atoms. The number of hydrogen-bond donors (Lipinski definition) is 1. The lowest BCUT2D eigenvalue weighted by atomic mass is 10.3. The smallest absolute Gasteiger partial charge is 0.293 e. The Bertz CT molecular complexity index is 376. The number of carbonyl (C=O) groups excluding carboxylic acids is 1. The van der Waals surface area contributed by atoms with E-state index < -0.39 is 5.91 Å². The summed E-state index contributed by atoms with van der Waals surface area (Å²) in [6.45, 7) is 1.97. The third-order valence-electron chi connectivity index (χ3n) is 1.36. The Hall–Kier alpha value is -1.89. The minimum Gasteiger partial charge on any atom is -0.359 e. The number of aryl methyl sites for hydroxylation is 1. The summed E-state index contributed by atoms with van der Waals surface area (Å²) in [6.07, 6.45) is 3.95. The van der Waals surface area contributed by atoms with Gasteiger partial charge < -0.3 is 5.73 Å². The normalized spacial score (nSPS) is 8.69. The van der Waals surface area contributed by atoms with Crippen LogP contribution in [0.2, 0.25) is 0 Å². The quantitative estimate of drug-likeness (QED) is 0.605. The van der Waals surface area contributed by atoms with Crippen molar-refractivity contribution in [3.63, 3.8) is 0 Å². The van der Waals surface area contributed by atoms with Gasteiger partial charge in [-0.25, -0.2) is 4.98 Å². The van der Waals surface area contributed by atoms with Crippen LogP contribution in [0.5, 0.6) is 0 Å². The van der Waals surface area contributed by atoms with Crippen molar-refractivity contribution < 1.29 is 4.79 Å². The van der Waals surface area contributed by atoms with Crippen molar-refractivity contribution in [2.24, 2.45) is 5.73 Å². The lowest BCUT2D eigenvalue weighted by Gasteiger charge is -1.93. The highest BCUT2D eigenvalue weighted by Gasteiger charge is 1.92. The van der Waals surface area contributed by atoms with Gasteiger partial charge in [0.25, 0.3) is 5.91 Å². The lowest BCUT2D eigenvalue weighted by molar-refractivity contribution is -0.112. The van der Waals surface area contributed by atoms with Crippen molar-refractivity contribution in [2.45, 2.75) is 13.3 Å². The van der Waals surface area contributed by atoms with Gasteiger partial charge in [0.2, 0.25) is 0 Å². The number of hydrogen-bond acceptors (Lipinski definition) is 3. The molecule has 0 fully saturated rings. The second kappa shape index (κ2) is 4.21. The van der Waals surface area contributed by atoms with Gasteiger partial charge in [-0.15, -0.1) is 0 Å². The van der Waals surface area contributed by atoms with Crippen molar-refractivity contribution in [3.8, 4) is 11.8 Å². The number of primary amides is 1. The molecule has 1 aromatic rings. The van der Waals surface area contributed by atoms with Crippen LogP contribution in [0, 0.1) is 11.8 Å². The van der Waals surface area contributed by atoms with Crippen molar-refractivity contribution >= 4 is 5.91 Å². The Balaban J connectivity index is 2.91. The Morgan fingerprint density at radius 1 is 1.62 bits per heavy atom. The molecule has 0 saturated heterocycles. The zero-order valence-electron chi connectivity index (χ0n) is 7.24. The molecule has 0 aliphatic rings. The fourth-order valence-corrected chi connectivity index (χ4v) is 0.763. The van der Waals surface area contributed by atoms with Crippen LogP contribution >= 0.6 is 0 Å². The minimum absolute atomic E-state index is 0.471. The molecule has 1 rings (SSSR count). The molecule has 4 heteroatoms. The van der Waals surface area contributed by atoms with E-state index in [1.165, 1.54) is 6.20 Å². The van der Waals surface area contributed by atoms with Crippen LogP contribution in [0.3, 0.4) is 0 Å². The van der Waals surface area contributed by atoms with Gasteiger partial charge in [0.15, 0.2) is 0 Å². The molecule has 0 atom stereocenters. The van der Waals surface area contributed by atoms with Crippen molar-refractivity contribution in [2.75, 3.05) is 0 Å². The fraction of sp³-hybridized carbons (Fsp3) is 0.222. The van der Waals surface area contributed by atoms with E-state index in [2.05, 4.69) is 21.8 Å². The number of rotatable bonds is 1. The molecule has 2 N–H and O–H groups in total. The second-order valence-electron chi connectivity index (χ2n) is 2.36. The molecule has 1 aromatic heterocycles. The highest BCUT2D eigenvalue weighted by molar-refractivity contribution is 5.92. The maximum Gasteiger partial charge on any atom is 0.293 e. The monoisotopic (exact) mass is 175 g/mol. The van der Waals surface area contributed by atoms with E-state index in [9.17, 15) is 4.79 Å². The number of carbonyl (C=O) groups is 1. The average Bonchev–Trinajstić information content (AvgIpc) is 2.15. The molecule has 1 amide bonds. The lowest BCUT2D eigenvalue weighted by Crippen LogP contribution is -2.06. The van der Waals surface area contributed by atoms with E-state index in [-0.39, 0.29) is 0 Å². The molecule has 66 valence electrons. The average molecular weight is 175 g/mol. The van der Waals surface area contributed by atoms with Crippen LogP contribution in [-0.4, -0.2) is 15.9 Å². The van der Waals surface area contributed by atoms with Crippen LogP contribution in [0.4, 0.5) is 0 Å². The van der Waals surface area contributed by atoms with Gasteiger partial charge in [-0.3, -0.25) is 9.78 Å². The predicted octanol–water partition coefficient (Wildman–Crippen LogP) is -0.124. The summed E-state index contributed by atoms with van der Waals surface area (Å²) < 4.78 is 0. The second-order valence-corrected chi connectivity index (χ2v) is 2.36. The molecule has 0 aliphatic carbocycles. The van der Waals surface area contributed by atoms with E-state index in [1.54, 1.807) is 6.20 Å². The number of nitrogens with zero attached hydrogens (tertiary/aromatic N) is 2. The van der Waals surface area contributed by atoms with Crippen LogP contribution in [0.1, 0.15) is 18.3 Å². The number of aromatic nitrogens is 2. The predicted molar refractivity (Wildman–Crippen MR) is 47.5 cm³/mol. The summed E-state index contributed by atoms with van der Waals surface area (Å²) in [5.41, 5.74) is 6.16. The third kappa shape index (κ3) is 2.91. The van der Waals surface area contributed by atoms with E-state index in [0.717, 1.165) is 12.1 Å². The molecular weight excluding hydrogens is 166 g/mol. The van der Waals surface area contributed by atoms with E-state index in [4.69, 9.17) is 5.73 Å². The van der Waals surface area contributed by atoms with E-state index in [1.807, 2.05) is 6.92 Å². The highest BCUT2D eigenvalue weighted by Crippen LogP contribution is 1.94. The maximum absolute atomic E-state index is 10.3. The minimum atomic E-state index is -0.663. The summed E-state index contributed by atoms with van der Waals surface area (Å²) >= 11 is 0. The standard InChI is InChI=1S/C9H9N3O/c1-2-7-5-11-6-8(12-7)3-4-9(10)13/h5-6H,2H2,1H3,(H2,10,13). The first-order valence-corrected chi connectivity index (χ1v) is 3.84. The first-order chi connectivity index (χ1) is 6.22. The highest BCUT2D eigenvalue weighted by atomic mass is 16.1. The molecule has 0 spiro atoms. The van der Waals surface area contributed by atoms with E-state index >= 15 is 0 Å². The zero-order valence-corrected chi connectivity index (χ0v) is 7.24. The summed E-state index contributed by atoms with van der Waals surface area (Å²) in [6, 6.07) is 0. The molecule has 0 aliphatic heterocycles. The molecule has 4 nitrogen and oxygen atoms in total. The molecular formula is C9H9N3O. The molecule has 0 radical (unpaired) electrons. The topological polar surface area (TPSA) is 68.9 Å².